The Balaban J connectivity index is 2.60. The molecule has 0 aliphatic carbocycles. The number of carbonyl (C=O) groups excluding carboxylic acids is 1. The Morgan fingerprint density at radius 3 is 2.56 bits per heavy atom. The van der Waals surface area contributed by atoms with Crippen LogP contribution in [0.5, 0.6) is 0 Å². The molecule has 84 valence electrons. The van der Waals surface area contributed by atoms with Crippen molar-refractivity contribution in [3.8, 4) is 12.3 Å². The molecule has 2 N–H and O–H groups in total. The van der Waals surface area contributed by atoms with Crippen molar-refractivity contribution in [2.75, 3.05) is 18.4 Å². The molecule has 0 saturated carbocycles. The van der Waals surface area contributed by atoms with E-state index in [9.17, 15) is 4.79 Å². The molecule has 0 fully saturated rings. The average Bonchev–Trinajstić information content (AvgIpc) is 2.24. The Morgan fingerprint density at radius 1 is 1.38 bits per heavy atom. The topological polar surface area (TPSA) is 41.1 Å². The molecule has 3 nitrogen and oxygen atoms in total. The van der Waals surface area contributed by atoms with Crippen LogP contribution in [0, 0.1) is 12.3 Å². The van der Waals surface area contributed by atoms with E-state index in [-0.39, 0.29) is 12.5 Å². The fraction of sp³-hybridized carbons (Fsp3) is 0.182. The number of benzene rings is 1. The number of anilines is 1. The zero-order valence-electron chi connectivity index (χ0n) is 8.39. The number of nitrogens with one attached hydrogen (secondary N) is 2. The fourth-order valence-electron chi connectivity index (χ4n) is 1.05. The molecule has 1 rings (SSSR count). The number of hydrogen-bond acceptors (Lipinski definition) is 2. The molecule has 0 atom stereocenters. The maximum Gasteiger partial charge on any atom is 0.238 e. The van der Waals surface area contributed by atoms with E-state index in [0.717, 1.165) is 0 Å². The lowest BCUT2D eigenvalue weighted by Gasteiger charge is -2.08. The largest absolute Gasteiger partial charge is 0.322 e. The van der Waals surface area contributed by atoms with E-state index in [4.69, 9.17) is 29.6 Å². The van der Waals surface area contributed by atoms with Gasteiger partial charge in [0, 0.05) is 0 Å². The first-order chi connectivity index (χ1) is 7.65. The Morgan fingerprint density at radius 2 is 2.00 bits per heavy atom. The van der Waals surface area contributed by atoms with Crippen molar-refractivity contribution >= 4 is 34.8 Å². The van der Waals surface area contributed by atoms with Crippen LogP contribution in [0.15, 0.2) is 18.2 Å². The third kappa shape index (κ3) is 3.74. The summed E-state index contributed by atoms with van der Waals surface area (Å²) in [6.07, 6.45) is 5.03. The monoisotopic (exact) mass is 256 g/mol. The zero-order valence-corrected chi connectivity index (χ0v) is 9.90. The Kier molecular flexibility index (Phi) is 5.13. The van der Waals surface area contributed by atoms with Gasteiger partial charge in [-0.25, -0.2) is 0 Å². The van der Waals surface area contributed by atoms with Crippen molar-refractivity contribution in [3.63, 3.8) is 0 Å². The predicted molar refractivity (Wildman–Crippen MR) is 66.8 cm³/mol. The highest BCUT2D eigenvalue weighted by Gasteiger charge is 2.08. The van der Waals surface area contributed by atoms with Crippen LogP contribution >= 0.6 is 23.2 Å². The highest BCUT2D eigenvalue weighted by atomic mass is 35.5. The van der Waals surface area contributed by atoms with Crippen LogP contribution < -0.4 is 10.6 Å². The first-order valence-electron chi connectivity index (χ1n) is 4.53. The van der Waals surface area contributed by atoms with Crippen LogP contribution in [0.3, 0.4) is 0 Å². The standard InChI is InChI=1S/C11H10Cl2N2O/c1-2-6-14-7-10(16)15-11-8(12)4-3-5-9(11)13/h1,3-5,14H,6-7H2,(H,15,16). The normalized spacial score (nSPS) is 9.56. The third-order valence-electron chi connectivity index (χ3n) is 1.74. The van der Waals surface area contributed by atoms with Crippen molar-refractivity contribution in [1.29, 1.82) is 0 Å². The molecule has 0 saturated heterocycles. The van der Waals surface area contributed by atoms with Gasteiger partial charge in [-0.15, -0.1) is 6.42 Å². The maximum absolute atomic E-state index is 11.4. The highest BCUT2D eigenvalue weighted by molar-refractivity contribution is 6.39. The molecule has 0 aliphatic heterocycles. The lowest BCUT2D eigenvalue weighted by Crippen LogP contribution is -2.28. The Bertz CT molecular complexity index is 406. The number of rotatable bonds is 4. The predicted octanol–water partition coefficient (Wildman–Crippen LogP) is 2.15. The molecule has 0 heterocycles. The number of halogens is 2. The van der Waals surface area contributed by atoms with Gasteiger partial charge in [0.15, 0.2) is 0 Å². The molecule has 1 aromatic carbocycles. The summed E-state index contributed by atoms with van der Waals surface area (Å²) in [5.74, 6) is 2.12. The summed E-state index contributed by atoms with van der Waals surface area (Å²) in [5.41, 5.74) is 0.415. The van der Waals surface area contributed by atoms with Gasteiger partial charge >= 0.3 is 0 Å². The smallest absolute Gasteiger partial charge is 0.238 e. The van der Waals surface area contributed by atoms with Crippen molar-refractivity contribution in [3.05, 3.63) is 28.2 Å². The summed E-state index contributed by atoms with van der Waals surface area (Å²) >= 11 is 11.8. The van der Waals surface area contributed by atoms with Crippen LogP contribution in [0.2, 0.25) is 10.0 Å². The van der Waals surface area contributed by atoms with Gasteiger partial charge in [-0.3, -0.25) is 10.1 Å². The molecule has 0 bridgehead atoms. The summed E-state index contributed by atoms with van der Waals surface area (Å²) in [6, 6.07) is 5.01. The number of hydrogen-bond donors (Lipinski definition) is 2. The maximum atomic E-state index is 11.4. The van der Waals surface area contributed by atoms with Crippen LogP contribution in [0.25, 0.3) is 0 Å². The highest BCUT2D eigenvalue weighted by Crippen LogP contribution is 2.29. The fourth-order valence-corrected chi connectivity index (χ4v) is 1.54. The van der Waals surface area contributed by atoms with Gasteiger partial charge in [0.25, 0.3) is 0 Å². The van der Waals surface area contributed by atoms with Crippen molar-refractivity contribution in [2.45, 2.75) is 0 Å². The van der Waals surface area contributed by atoms with Crippen LogP contribution in [-0.2, 0) is 4.79 Å². The zero-order chi connectivity index (χ0) is 12.0. The molecule has 5 heteroatoms. The molecule has 16 heavy (non-hydrogen) atoms. The minimum absolute atomic E-state index is 0.117. The van der Waals surface area contributed by atoms with Crippen molar-refractivity contribution < 1.29 is 4.79 Å². The van der Waals surface area contributed by atoms with E-state index >= 15 is 0 Å². The summed E-state index contributed by atoms with van der Waals surface area (Å²) in [6.45, 7) is 0.454. The van der Waals surface area contributed by atoms with E-state index in [1.807, 2.05) is 0 Å². The quantitative estimate of drug-likeness (QED) is 0.641. The molecule has 0 radical (unpaired) electrons. The van der Waals surface area contributed by atoms with Crippen LogP contribution in [0.1, 0.15) is 0 Å². The average molecular weight is 257 g/mol. The molecule has 1 aromatic rings. The second-order valence-corrected chi connectivity index (χ2v) is 3.77. The molecule has 0 aliphatic rings. The van der Waals surface area contributed by atoms with Gasteiger partial charge in [0.2, 0.25) is 5.91 Å². The summed E-state index contributed by atoms with van der Waals surface area (Å²) in [5, 5.41) is 6.16. The van der Waals surface area contributed by atoms with E-state index in [2.05, 4.69) is 16.6 Å². The number of amides is 1. The SMILES string of the molecule is C#CCNCC(=O)Nc1c(Cl)cccc1Cl. The van der Waals surface area contributed by atoms with Gasteiger partial charge in [0.1, 0.15) is 0 Å². The van der Waals surface area contributed by atoms with Gasteiger partial charge in [-0.05, 0) is 12.1 Å². The van der Waals surface area contributed by atoms with E-state index in [0.29, 0.717) is 22.3 Å². The van der Waals surface area contributed by atoms with E-state index in [1.165, 1.54) is 0 Å². The van der Waals surface area contributed by atoms with Gasteiger partial charge < -0.3 is 5.32 Å². The van der Waals surface area contributed by atoms with Gasteiger partial charge in [-0.1, -0.05) is 35.2 Å². The summed E-state index contributed by atoms with van der Waals surface area (Å²) in [4.78, 5) is 11.4. The van der Waals surface area contributed by atoms with Crippen LogP contribution in [-0.4, -0.2) is 19.0 Å². The number of para-hydroxylation sites is 1. The van der Waals surface area contributed by atoms with E-state index in [1.54, 1.807) is 18.2 Å². The lowest BCUT2D eigenvalue weighted by molar-refractivity contribution is -0.115. The Hall–Kier alpha value is -1.21. The second kappa shape index (κ2) is 6.39. The van der Waals surface area contributed by atoms with Gasteiger partial charge in [0.05, 0.1) is 28.8 Å². The Labute approximate surface area is 104 Å². The van der Waals surface area contributed by atoms with Crippen molar-refractivity contribution in [2.24, 2.45) is 0 Å². The molecule has 0 unspecified atom stereocenters. The number of carbonyl (C=O) groups is 1. The molecular weight excluding hydrogens is 247 g/mol. The minimum Gasteiger partial charge on any atom is -0.322 e. The second-order valence-electron chi connectivity index (χ2n) is 2.95. The molecule has 1 amide bonds. The van der Waals surface area contributed by atoms with E-state index < -0.39 is 0 Å². The first kappa shape index (κ1) is 12.9. The molecule has 0 spiro atoms. The molecular formula is C11H10Cl2N2O. The van der Waals surface area contributed by atoms with Crippen LogP contribution in [0.4, 0.5) is 5.69 Å². The minimum atomic E-state index is -0.245. The van der Waals surface area contributed by atoms with Crippen molar-refractivity contribution in [1.82, 2.24) is 5.32 Å². The summed E-state index contributed by atoms with van der Waals surface area (Å²) < 4.78 is 0. The first-order valence-corrected chi connectivity index (χ1v) is 5.28. The molecule has 0 aromatic heterocycles. The van der Waals surface area contributed by atoms with Gasteiger partial charge in [-0.2, -0.15) is 0 Å². The lowest BCUT2D eigenvalue weighted by atomic mass is 10.3. The third-order valence-corrected chi connectivity index (χ3v) is 2.37. The summed E-state index contributed by atoms with van der Waals surface area (Å²) in [7, 11) is 0. The number of terminal acetylenes is 1.